The van der Waals surface area contributed by atoms with Crippen LogP contribution in [0.15, 0.2) is 29.4 Å². The monoisotopic (exact) mass is 306 g/mol. The molecule has 1 saturated carbocycles. The lowest BCUT2D eigenvalue weighted by atomic mass is 9.98. The number of hydrogen-bond acceptors (Lipinski definition) is 4. The SMILES string of the molecule is NC1CCC2CN(S(=O)(=O)c3c[nH]c4ncccc34)CC12. The molecule has 2 fully saturated rings. The summed E-state index contributed by atoms with van der Waals surface area (Å²) in [7, 11) is -3.48. The number of nitrogens with zero attached hydrogens (tertiary/aromatic N) is 2. The third-order valence-electron chi connectivity index (χ3n) is 4.91. The predicted octanol–water partition coefficient (Wildman–Crippen LogP) is 0.921. The number of sulfonamides is 1. The van der Waals surface area contributed by atoms with Crippen LogP contribution in [-0.2, 0) is 10.0 Å². The number of hydrogen-bond donors (Lipinski definition) is 2. The largest absolute Gasteiger partial charge is 0.345 e. The van der Waals surface area contributed by atoms with E-state index in [0.29, 0.717) is 40.9 Å². The fraction of sp³-hybridized carbons (Fsp3) is 0.500. The molecule has 112 valence electrons. The Morgan fingerprint density at radius 2 is 2.19 bits per heavy atom. The minimum absolute atomic E-state index is 0.139. The molecule has 2 aliphatic rings. The van der Waals surface area contributed by atoms with Gasteiger partial charge >= 0.3 is 0 Å². The van der Waals surface area contributed by atoms with Crippen molar-refractivity contribution in [1.29, 1.82) is 0 Å². The average Bonchev–Trinajstić information content (AvgIpc) is 3.14. The second kappa shape index (κ2) is 4.53. The van der Waals surface area contributed by atoms with Crippen molar-refractivity contribution in [2.45, 2.75) is 23.8 Å². The molecule has 1 saturated heterocycles. The molecule has 0 spiro atoms. The van der Waals surface area contributed by atoms with Gasteiger partial charge in [-0.15, -0.1) is 0 Å². The molecule has 0 bridgehead atoms. The Kier molecular flexibility index (Phi) is 2.85. The molecule has 4 rings (SSSR count). The van der Waals surface area contributed by atoms with E-state index in [1.165, 1.54) is 0 Å². The van der Waals surface area contributed by atoms with Gasteiger partial charge in [0, 0.05) is 36.9 Å². The van der Waals surface area contributed by atoms with E-state index in [0.717, 1.165) is 12.8 Å². The summed E-state index contributed by atoms with van der Waals surface area (Å²) in [6.07, 6.45) is 5.24. The molecule has 6 nitrogen and oxygen atoms in total. The van der Waals surface area contributed by atoms with Crippen molar-refractivity contribution in [2.24, 2.45) is 17.6 Å². The number of H-pyrrole nitrogens is 1. The van der Waals surface area contributed by atoms with Gasteiger partial charge in [-0.2, -0.15) is 4.31 Å². The molecule has 1 aliphatic heterocycles. The van der Waals surface area contributed by atoms with Crippen LogP contribution in [0.5, 0.6) is 0 Å². The first kappa shape index (κ1) is 13.2. The second-order valence-corrected chi connectivity index (χ2v) is 7.95. The minimum Gasteiger partial charge on any atom is -0.345 e. The summed E-state index contributed by atoms with van der Waals surface area (Å²) >= 11 is 0. The molecular weight excluding hydrogens is 288 g/mol. The van der Waals surface area contributed by atoms with Gasteiger partial charge < -0.3 is 10.7 Å². The van der Waals surface area contributed by atoms with E-state index in [9.17, 15) is 8.42 Å². The topological polar surface area (TPSA) is 92.1 Å². The van der Waals surface area contributed by atoms with Gasteiger partial charge in [0.15, 0.2) is 0 Å². The Bertz CT molecular complexity index is 785. The summed E-state index contributed by atoms with van der Waals surface area (Å²) in [4.78, 5) is 7.41. The van der Waals surface area contributed by atoms with Crippen LogP contribution in [0, 0.1) is 11.8 Å². The molecule has 0 aromatic carbocycles. The van der Waals surface area contributed by atoms with E-state index >= 15 is 0 Å². The first-order chi connectivity index (χ1) is 10.1. The zero-order valence-electron chi connectivity index (χ0n) is 11.6. The molecular formula is C14H18N4O2S. The number of rotatable bonds is 2. The number of aromatic nitrogens is 2. The Morgan fingerprint density at radius 3 is 3.00 bits per heavy atom. The fourth-order valence-corrected chi connectivity index (χ4v) is 5.43. The van der Waals surface area contributed by atoms with E-state index < -0.39 is 10.0 Å². The van der Waals surface area contributed by atoms with Crippen LogP contribution in [0.1, 0.15) is 12.8 Å². The highest BCUT2D eigenvalue weighted by atomic mass is 32.2. The number of pyridine rings is 1. The van der Waals surface area contributed by atoms with Gasteiger partial charge in [-0.05, 0) is 36.8 Å². The molecule has 3 unspecified atom stereocenters. The molecule has 0 amide bonds. The van der Waals surface area contributed by atoms with Gasteiger partial charge in [-0.25, -0.2) is 13.4 Å². The third-order valence-corrected chi connectivity index (χ3v) is 6.78. The van der Waals surface area contributed by atoms with Crippen LogP contribution in [0.2, 0.25) is 0 Å². The van der Waals surface area contributed by atoms with Crippen molar-refractivity contribution < 1.29 is 8.42 Å². The smallest absolute Gasteiger partial charge is 0.245 e. The van der Waals surface area contributed by atoms with Gasteiger partial charge in [0.1, 0.15) is 10.5 Å². The summed E-state index contributed by atoms with van der Waals surface area (Å²) in [5, 5.41) is 0.652. The Morgan fingerprint density at radius 1 is 1.33 bits per heavy atom. The molecule has 3 heterocycles. The summed E-state index contributed by atoms with van der Waals surface area (Å²) in [6, 6.07) is 3.68. The summed E-state index contributed by atoms with van der Waals surface area (Å²) < 4.78 is 27.4. The van der Waals surface area contributed by atoms with E-state index in [4.69, 9.17) is 5.73 Å². The minimum atomic E-state index is -3.48. The van der Waals surface area contributed by atoms with Gasteiger partial charge in [0.05, 0.1) is 0 Å². The number of fused-ring (bicyclic) bond motifs is 2. The number of nitrogens with one attached hydrogen (secondary N) is 1. The van der Waals surface area contributed by atoms with Crippen LogP contribution in [0.4, 0.5) is 0 Å². The Balaban J connectivity index is 1.71. The first-order valence-electron chi connectivity index (χ1n) is 7.25. The lowest BCUT2D eigenvalue weighted by Gasteiger charge is -2.18. The van der Waals surface area contributed by atoms with Gasteiger partial charge in [0.2, 0.25) is 10.0 Å². The second-order valence-electron chi connectivity index (χ2n) is 6.04. The molecule has 21 heavy (non-hydrogen) atoms. The molecule has 3 atom stereocenters. The van der Waals surface area contributed by atoms with Crippen LogP contribution in [0.3, 0.4) is 0 Å². The molecule has 0 radical (unpaired) electrons. The van der Waals surface area contributed by atoms with Gasteiger partial charge in [-0.3, -0.25) is 0 Å². The summed E-state index contributed by atoms with van der Waals surface area (Å²) in [5.74, 6) is 0.723. The summed E-state index contributed by atoms with van der Waals surface area (Å²) in [6.45, 7) is 1.13. The number of aromatic amines is 1. The highest BCUT2D eigenvalue weighted by molar-refractivity contribution is 7.89. The lowest BCUT2D eigenvalue weighted by molar-refractivity contribution is 0.427. The first-order valence-corrected chi connectivity index (χ1v) is 8.69. The van der Waals surface area contributed by atoms with E-state index in [1.54, 1.807) is 28.8 Å². The fourth-order valence-electron chi connectivity index (χ4n) is 3.75. The average molecular weight is 306 g/mol. The lowest BCUT2D eigenvalue weighted by Crippen LogP contribution is -2.33. The zero-order valence-corrected chi connectivity index (χ0v) is 12.4. The molecule has 1 aliphatic carbocycles. The maximum absolute atomic E-state index is 12.9. The predicted molar refractivity (Wildman–Crippen MR) is 79.0 cm³/mol. The van der Waals surface area contributed by atoms with Crippen molar-refractivity contribution in [3.63, 3.8) is 0 Å². The van der Waals surface area contributed by atoms with Crippen LogP contribution in [-0.4, -0.2) is 41.8 Å². The normalized spacial score (nSPS) is 30.0. The van der Waals surface area contributed by atoms with E-state index in [2.05, 4.69) is 9.97 Å². The third kappa shape index (κ3) is 1.91. The van der Waals surface area contributed by atoms with E-state index in [1.807, 2.05) is 0 Å². The number of nitrogens with two attached hydrogens (primary N) is 1. The Hall–Kier alpha value is -1.44. The van der Waals surface area contributed by atoms with Crippen LogP contribution in [0.25, 0.3) is 11.0 Å². The van der Waals surface area contributed by atoms with E-state index in [-0.39, 0.29) is 6.04 Å². The van der Waals surface area contributed by atoms with Crippen LogP contribution < -0.4 is 5.73 Å². The Labute approximate surface area is 123 Å². The molecule has 2 aromatic rings. The van der Waals surface area contributed by atoms with Crippen molar-refractivity contribution in [2.75, 3.05) is 13.1 Å². The molecule has 3 N–H and O–H groups in total. The standard InChI is InChI=1S/C14H18N4O2S/c15-12-4-3-9-7-18(8-11(9)12)21(19,20)13-6-17-14-10(13)2-1-5-16-14/h1-2,5-6,9,11-12H,3-4,7-8,15H2,(H,16,17). The molecule has 2 aromatic heterocycles. The summed E-state index contributed by atoms with van der Waals surface area (Å²) in [5.41, 5.74) is 6.70. The van der Waals surface area contributed by atoms with Crippen molar-refractivity contribution in [1.82, 2.24) is 14.3 Å². The maximum atomic E-state index is 12.9. The highest BCUT2D eigenvalue weighted by Gasteiger charge is 2.45. The van der Waals surface area contributed by atoms with Gasteiger partial charge in [0.25, 0.3) is 0 Å². The van der Waals surface area contributed by atoms with Crippen molar-refractivity contribution >= 4 is 21.1 Å². The van der Waals surface area contributed by atoms with Crippen molar-refractivity contribution in [3.8, 4) is 0 Å². The van der Waals surface area contributed by atoms with Crippen molar-refractivity contribution in [3.05, 3.63) is 24.5 Å². The molecule has 7 heteroatoms. The van der Waals surface area contributed by atoms with Gasteiger partial charge in [-0.1, -0.05) is 0 Å². The highest BCUT2D eigenvalue weighted by Crippen LogP contribution is 2.39. The maximum Gasteiger partial charge on any atom is 0.245 e. The zero-order chi connectivity index (χ0) is 14.6. The van der Waals surface area contributed by atoms with Crippen LogP contribution >= 0.6 is 0 Å². The quantitative estimate of drug-likeness (QED) is 0.863.